The number of piperidine rings is 2. The quantitative estimate of drug-likeness (QED) is 0.414. The van der Waals surface area contributed by atoms with Gasteiger partial charge >= 0.3 is 0 Å². The van der Waals surface area contributed by atoms with Crippen LogP contribution in [-0.2, 0) is 0 Å². The number of aliphatic imine (C=N–C) groups is 2. The Morgan fingerprint density at radius 1 is 0.750 bits per heavy atom. The van der Waals surface area contributed by atoms with Crippen LogP contribution in [0.15, 0.2) is 9.98 Å². The van der Waals surface area contributed by atoms with Crippen LogP contribution in [0.25, 0.3) is 0 Å². The maximum Gasteiger partial charge on any atom is 0.220 e. The lowest BCUT2D eigenvalue weighted by molar-refractivity contribution is -0.163. The average Bonchev–Trinajstić information content (AvgIpc) is 2.72. The van der Waals surface area contributed by atoms with Crippen LogP contribution in [0, 0.1) is 0 Å². The molecule has 0 radical (unpaired) electrons. The summed E-state index contributed by atoms with van der Waals surface area (Å²) in [5, 5.41) is 12.8. The third-order valence-electron chi connectivity index (χ3n) is 8.41. The number of hydrazine groups is 1. The van der Waals surface area contributed by atoms with Gasteiger partial charge in [0, 0.05) is 34.2 Å². The van der Waals surface area contributed by atoms with Gasteiger partial charge in [0.1, 0.15) is 13.0 Å². The van der Waals surface area contributed by atoms with E-state index in [4.69, 9.17) is 4.99 Å². The van der Waals surface area contributed by atoms with Crippen LogP contribution in [0.2, 0.25) is 0 Å². The normalized spacial score (nSPS) is 26.3. The van der Waals surface area contributed by atoms with Crippen LogP contribution in [-0.4, -0.2) is 81.2 Å². The van der Waals surface area contributed by atoms with E-state index in [1.807, 2.05) is 0 Å². The van der Waals surface area contributed by atoms with Crippen LogP contribution >= 0.6 is 0 Å². The maximum atomic E-state index is 5.01. The van der Waals surface area contributed by atoms with Crippen LogP contribution in [0.3, 0.4) is 0 Å². The molecule has 7 heteroatoms. The number of hydrogen-bond donors (Lipinski definition) is 2. The first-order valence-corrected chi connectivity index (χ1v) is 14.7. The molecule has 0 amide bonds. The highest BCUT2D eigenvalue weighted by Crippen LogP contribution is 2.44. The predicted molar refractivity (Wildman–Crippen MR) is 154 cm³/mol. The average molecular weight is 504 g/mol. The molecular formula is C29H57N7. The fourth-order valence-electron chi connectivity index (χ4n) is 7.66. The molecule has 0 aliphatic carbocycles. The Labute approximate surface area is 222 Å². The minimum absolute atomic E-state index is 0.0203. The van der Waals surface area contributed by atoms with Gasteiger partial charge in [-0.05, 0) is 107 Å². The molecule has 7 nitrogen and oxygen atoms in total. The Bertz CT molecular complexity index is 746. The third kappa shape index (κ3) is 6.44. The monoisotopic (exact) mass is 503 g/mol. The molecule has 0 unspecified atom stereocenters. The minimum Gasteiger partial charge on any atom is -0.331 e. The standard InChI is InChI=1S/C29H57N7/c1-11-13-15-31-23-17-26(3,4)35(27(5,6)18-23)25-33-21-30-22-34(25)36-28(7,8)19-24(20-29(36,9)10)32-16-14-12-2/h21,23-24,31-32H,11-20,22H2,1-10H3. The van der Waals surface area contributed by atoms with E-state index >= 15 is 0 Å². The Balaban J connectivity index is 1.88. The first-order valence-electron chi connectivity index (χ1n) is 14.7. The molecule has 3 heterocycles. The molecule has 36 heavy (non-hydrogen) atoms. The number of unbranched alkanes of at least 4 members (excludes halogenated alkanes) is 2. The number of hydrogen-bond acceptors (Lipinski definition) is 7. The molecule has 0 spiro atoms. The molecule has 2 N–H and O–H groups in total. The van der Waals surface area contributed by atoms with Gasteiger partial charge in [-0.3, -0.25) is 10.0 Å². The van der Waals surface area contributed by atoms with Gasteiger partial charge in [-0.25, -0.2) is 10.0 Å². The highest BCUT2D eigenvalue weighted by Gasteiger charge is 2.53. The van der Waals surface area contributed by atoms with Crippen molar-refractivity contribution in [3.8, 4) is 0 Å². The Hall–Kier alpha value is -1.18. The van der Waals surface area contributed by atoms with Gasteiger partial charge in [-0.2, -0.15) is 0 Å². The zero-order valence-corrected chi connectivity index (χ0v) is 25.2. The summed E-state index contributed by atoms with van der Waals surface area (Å²) in [6, 6.07) is 1.06. The molecular weight excluding hydrogens is 446 g/mol. The van der Waals surface area contributed by atoms with Crippen LogP contribution in [0.5, 0.6) is 0 Å². The number of rotatable bonds is 9. The van der Waals surface area contributed by atoms with Crippen LogP contribution < -0.4 is 10.6 Å². The van der Waals surface area contributed by atoms with Crippen molar-refractivity contribution >= 4 is 12.3 Å². The molecule has 3 rings (SSSR count). The summed E-state index contributed by atoms with van der Waals surface area (Å²) < 4.78 is 0. The third-order valence-corrected chi connectivity index (χ3v) is 8.41. The van der Waals surface area contributed by atoms with Crippen molar-refractivity contribution in [1.82, 2.24) is 25.6 Å². The van der Waals surface area contributed by atoms with E-state index in [-0.39, 0.29) is 22.2 Å². The van der Waals surface area contributed by atoms with Gasteiger partial charge < -0.3 is 15.5 Å². The van der Waals surface area contributed by atoms with Crippen molar-refractivity contribution in [3.63, 3.8) is 0 Å². The van der Waals surface area contributed by atoms with Crippen molar-refractivity contribution in [1.29, 1.82) is 0 Å². The summed E-state index contributed by atoms with van der Waals surface area (Å²) >= 11 is 0. The topological polar surface area (TPSA) is 58.5 Å². The van der Waals surface area contributed by atoms with Crippen molar-refractivity contribution in [2.24, 2.45) is 9.98 Å². The number of likely N-dealkylation sites (tertiary alicyclic amines) is 1. The summed E-state index contributed by atoms with van der Waals surface area (Å²) in [6.07, 6.45) is 11.2. The van der Waals surface area contributed by atoms with E-state index in [1.54, 1.807) is 6.34 Å². The fraction of sp³-hybridized carbons (Fsp3) is 0.931. The van der Waals surface area contributed by atoms with Crippen LogP contribution in [0.4, 0.5) is 0 Å². The summed E-state index contributed by atoms with van der Waals surface area (Å²) in [6.45, 7) is 26.6. The second-order valence-corrected chi connectivity index (χ2v) is 14.0. The highest BCUT2D eigenvalue weighted by molar-refractivity contribution is 5.89. The number of nitrogens with zero attached hydrogens (tertiary/aromatic N) is 5. The van der Waals surface area contributed by atoms with Crippen molar-refractivity contribution in [2.75, 3.05) is 19.8 Å². The molecule has 0 aromatic carbocycles. The second-order valence-electron chi connectivity index (χ2n) is 14.0. The van der Waals surface area contributed by atoms with Gasteiger partial charge in [0.2, 0.25) is 5.96 Å². The molecule has 3 aliphatic rings. The molecule has 0 saturated carbocycles. The fourth-order valence-corrected chi connectivity index (χ4v) is 7.66. The highest BCUT2D eigenvalue weighted by atomic mass is 15.7. The van der Waals surface area contributed by atoms with Gasteiger partial charge in [-0.1, -0.05) is 26.7 Å². The molecule has 208 valence electrons. The molecule has 0 atom stereocenters. The Morgan fingerprint density at radius 2 is 1.19 bits per heavy atom. The number of nitrogens with one attached hydrogen (secondary N) is 2. The zero-order valence-electron chi connectivity index (χ0n) is 25.2. The van der Waals surface area contributed by atoms with E-state index in [2.05, 4.69) is 99.8 Å². The van der Waals surface area contributed by atoms with Crippen LogP contribution in [0.1, 0.15) is 121 Å². The molecule has 2 fully saturated rings. The molecule has 0 aromatic rings. The molecule has 0 bridgehead atoms. The van der Waals surface area contributed by atoms with Gasteiger partial charge in [0.15, 0.2) is 0 Å². The lowest BCUT2D eigenvalue weighted by Crippen LogP contribution is -2.75. The summed E-state index contributed by atoms with van der Waals surface area (Å²) in [4.78, 5) is 12.3. The summed E-state index contributed by atoms with van der Waals surface area (Å²) in [5.74, 6) is 1.06. The molecule has 2 saturated heterocycles. The molecule has 3 aliphatic heterocycles. The largest absolute Gasteiger partial charge is 0.331 e. The SMILES string of the molecule is CCCCNC1CC(C)(C)N(C2=NC=NCN2N2C(C)(C)CC(NCCCC)CC2(C)C)C(C)(C)C1. The van der Waals surface area contributed by atoms with E-state index in [9.17, 15) is 0 Å². The Kier molecular flexibility index (Phi) is 9.21. The van der Waals surface area contributed by atoms with E-state index < -0.39 is 0 Å². The maximum absolute atomic E-state index is 5.01. The summed E-state index contributed by atoms with van der Waals surface area (Å²) in [7, 11) is 0. The van der Waals surface area contributed by atoms with E-state index in [0.717, 1.165) is 44.7 Å². The van der Waals surface area contributed by atoms with E-state index in [0.29, 0.717) is 18.8 Å². The molecule has 0 aromatic heterocycles. The first-order chi connectivity index (χ1) is 16.7. The first kappa shape index (κ1) is 29.4. The number of guanidine groups is 1. The Morgan fingerprint density at radius 3 is 1.64 bits per heavy atom. The van der Waals surface area contributed by atoms with Gasteiger partial charge in [0.25, 0.3) is 0 Å². The van der Waals surface area contributed by atoms with E-state index in [1.165, 1.54) is 25.7 Å². The summed E-state index contributed by atoms with van der Waals surface area (Å²) in [5.41, 5.74) is -0.0917. The van der Waals surface area contributed by atoms with Gasteiger partial charge in [-0.15, -0.1) is 0 Å². The van der Waals surface area contributed by atoms with Crippen molar-refractivity contribution < 1.29 is 0 Å². The minimum atomic E-state index is -0.0256. The predicted octanol–water partition coefficient (Wildman–Crippen LogP) is 5.38. The zero-order chi connectivity index (χ0) is 26.8. The smallest absolute Gasteiger partial charge is 0.220 e. The second kappa shape index (κ2) is 11.3. The lowest BCUT2D eigenvalue weighted by atomic mass is 9.76. The lowest BCUT2D eigenvalue weighted by Gasteiger charge is -2.63. The van der Waals surface area contributed by atoms with Gasteiger partial charge in [0.05, 0.1) is 0 Å². The van der Waals surface area contributed by atoms with Crippen molar-refractivity contribution in [3.05, 3.63) is 0 Å². The van der Waals surface area contributed by atoms with Crippen molar-refractivity contribution in [2.45, 2.75) is 155 Å².